The second-order valence-electron chi connectivity index (χ2n) is 2.67. The molecule has 4 heteroatoms. The summed E-state index contributed by atoms with van der Waals surface area (Å²) in [4.78, 5) is 11.0. The minimum Gasteiger partial charge on any atom is -0.497 e. The Labute approximate surface area is 85.0 Å². The molecule has 0 aliphatic heterocycles. The number of hydrogen-bond donors (Lipinski definition) is 1. The van der Waals surface area contributed by atoms with Crippen molar-refractivity contribution in [3.63, 3.8) is 0 Å². The Morgan fingerprint density at radius 3 is 2.54 bits per heavy atom. The van der Waals surface area contributed by atoms with Crippen molar-refractivity contribution in [2.75, 3.05) is 7.11 Å². The highest BCUT2D eigenvalue weighted by molar-refractivity contribution is 9.10. The second-order valence-corrected chi connectivity index (χ2v) is 3.52. The molecule has 3 nitrogen and oxygen atoms in total. The number of rotatable bonds is 2. The lowest BCUT2D eigenvalue weighted by Gasteiger charge is -2.07. The van der Waals surface area contributed by atoms with Gasteiger partial charge in [-0.25, -0.2) is 0 Å². The van der Waals surface area contributed by atoms with E-state index in [0.717, 1.165) is 5.56 Å². The maximum Gasteiger partial charge on any atom is 0.250 e. The Hall–Kier alpha value is -1.03. The fraction of sp³-hybridized carbons (Fsp3) is 0.222. The summed E-state index contributed by atoms with van der Waals surface area (Å²) in [5.41, 5.74) is 6.50. The van der Waals surface area contributed by atoms with E-state index in [1.54, 1.807) is 19.2 Å². The van der Waals surface area contributed by atoms with Crippen LogP contribution in [-0.2, 0) is 0 Å². The highest BCUT2D eigenvalue weighted by Crippen LogP contribution is 2.26. The Kier molecular flexibility index (Phi) is 2.93. The van der Waals surface area contributed by atoms with Crippen LogP contribution in [0.25, 0.3) is 0 Å². The van der Waals surface area contributed by atoms with Crippen LogP contribution in [0.4, 0.5) is 0 Å². The molecule has 0 saturated carbocycles. The predicted molar refractivity (Wildman–Crippen MR) is 53.9 cm³/mol. The van der Waals surface area contributed by atoms with Crippen LogP contribution in [-0.4, -0.2) is 13.0 Å². The van der Waals surface area contributed by atoms with Crippen molar-refractivity contribution in [2.45, 2.75) is 6.92 Å². The van der Waals surface area contributed by atoms with Gasteiger partial charge in [-0.05, 0) is 40.5 Å². The molecular weight excluding hydrogens is 234 g/mol. The lowest BCUT2D eigenvalue weighted by atomic mass is 10.1. The second kappa shape index (κ2) is 3.79. The third kappa shape index (κ3) is 2.01. The third-order valence-electron chi connectivity index (χ3n) is 1.74. The molecule has 0 spiro atoms. The normalized spacial score (nSPS) is 9.77. The summed E-state index contributed by atoms with van der Waals surface area (Å²) in [5.74, 6) is 0.265. The number of nitrogens with two attached hydrogens (primary N) is 1. The summed E-state index contributed by atoms with van der Waals surface area (Å²) in [6.07, 6.45) is 0. The van der Waals surface area contributed by atoms with Crippen LogP contribution in [0, 0.1) is 6.92 Å². The molecule has 0 radical (unpaired) electrons. The van der Waals surface area contributed by atoms with Gasteiger partial charge in [-0.1, -0.05) is 0 Å². The minimum atomic E-state index is -0.438. The van der Waals surface area contributed by atoms with Crippen molar-refractivity contribution in [3.8, 4) is 5.75 Å². The molecular formula is C9H10BrNO2. The quantitative estimate of drug-likeness (QED) is 0.863. The van der Waals surface area contributed by atoms with Crippen LogP contribution in [0.3, 0.4) is 0 Å². The highest BCUT2D eigenvalue weighted by atomic mass is 79.9. The number of hydrogen-bond acceptors (Lipinski definition) is 2. The molecule has 0 atom stereocenters. The molecule has 0 fully saturated rings. The zero-order chi connectivity index (χ0) is 10.0. The number of ether oxygens (including phenoxy) is 1. The smallest absolute Gasteiger partial charge is 0.250 e. The number of halogens is 1. The molecule has 0 aliphatic rings. The summed E-state index contributed by atoms with van der Waals surface area (Å²) in [6.45, 7) is 1.81. The van der Waals surface area contributed by atoms with Crippen LogP contribution >= 0.6 is 15.9 Å². The fourth-order valence-corrected chi connectivity index (χ4v) is 1.88. The molecule has 0 unspecified atom stereocenters. The number of benzene rings is 1. The van der Waals surface area contributed by atoms with Gasteiger partial charge in [-0.3, -0.25) is 4.79 Å². The highest BCUT2D eigenvalue weighted by Gasteiger charge is 2.11. The molecule has 0 aromatic heterocycles. The Balaban J connectivity index is 3.31. The predicted octanol–water partition coefficient (Wildman–Crippen LogP) is 1.87. The Morgan fingerprint density at radius 1 is 1.54 bits per heavy atom. The zero-order valence-corrected chi connectivity index (χ0v) is 9.01. The van der Waals surface area contributed by atoms with Gasteiger partial charge in [0.15, 0.2) is 0 Å². The molecule has 1 aromatic rings. The molecule has 0 bridgehead atoms. The number of aryl methyl sites for hydroxylation is 1. The monoisotopic (exact) mass is 243 g/mol. The molecule has 70 valence electrons. The van der Waals surface area contributed by atoms with Crippen LogP contribution < -0.4 is 10.5 Å². The average Bonchev–Trinajstić information content (AvgIpc) is 2.02. The van der Waals surface area contributed by atoms with Gasteiger partial charge in [0.1, 0.15) is 5.75 Å². The number of carbonyl (C=O) groups is 1. The van der Waals surface area contributed by atoms with E-state index in [0.29, 0.717) is 15.8 Å². The molecule has 13 heavy (non-hydrogen) atoms. The zero-order valence-electron chi connectivity index (χ0n) is 7.43. The Bertz CT molecular complexity index is 326. The summed E-state index contributed by atoms with van der Waals surface area (Å²) >= 11 is 3.26. The van der Waals surface area contributed by atoms with E-state index in [-0.39, 0.29) is 0 Å². The van der Waals surface area contributed by atoms with Crippen molar-refractivity contribution in [1.82, 2.24) is 0 Å². The van der Waals surface area contributed by atoms with Crippen LogP contribution in [0.2, 0.25) is 0 Å². The minimum absolute atomic E-state index is 0.438. The van der Waals surface area contributed by atoms with Crippen molar-refractivity contribution in [3.05, 3.63) is 27.7 Å². The molecule has 0 aliphatic carbocycles. The molecule has 0 heterocycles. The molecule has 0 saturated heterocycles. The van der Waals surface area contributed by atoms with E-state index in [4.69, 9.17) is 10.5 Å². The standard InChI is InChI=1S/C9H10BrNO2/c1-5-3-6(13-2)4-7(10)8(5)9(11)12/h3-4H,1-2H3,(H2,11,12). The lowest BCUT2D eigenvalue weighted by molar-refractivity contribution is 0.0999. The van der Waals surface area contributed by atoms with E-state index in [1.165, 1.54) is 0 Å². The first-order chi connectivity index (χ1) is 6.06. The molecule has 1 aromatic carbocycles. The summed E-state index contributed by atoms with van der Waals surface area (Å²) in [7, 11) is 1.57. The van der Waals surface area contributed by atoms with Crippen LogP contribution in [0.5, 0.6) is 5.75 Å². The van der Waals surface area contributed by atoms with E-state index in [2.05, 4.69) is 15.9 Å². The molecule has 1 amide bonds. The summed E-state index contributed by atoms with van der Waals surface area (Å²) in [5, 5.41) is 0. The Morgan fingerprint density at radius 2 is 2.15 bits per heavy atom. The summed E-state index contributed by atoms with van der Waals surface area (Å²) in [6, 6.07) is 3.48. The van der Waals surface area contributed by atoms with Gasteiger partial charge < -0.3 is 10.5 Å². The third-order valence-corrected chi connectivity index (χ3v) is 2.37. The van der Waals surface area contributed by atoms with Crippen molar-refractivity contribution < 1.29 is 9.53 Å². The molecule has 1 rings (SSSR count). The van der Waals surface area contributed by atoms with Crippen molar-refractivity contribution in [1.29, 1.82) is 0 Å². The van der Waals surface area contributed by atoms with Crippen molar-refractivity contribution in [2.24, 2.45) is 5.73 Å². The summed E-state index contributed by atoms with van der Waals surface area (Å²) < 4.78 is 5.69. The van der Waals surface area contributed by atoms with Crippen molar-refractivity contribution >= 4 is 21.8 Å². The van der Waals surface area contributed by atoms with Gasteiger partial charge in [0.2, 0.25) is 5.91 Å². The first kappa shape index (κ1) is 10.1. The largest absolute Gasteiger partial charge is 0.497 e. The maximum atomic E-state index is 11.0. The van der Waals surface area contributed by atoms with Crippen LogP contribution in [0.15, 0.2) is 16.6 Å². The number of carbonyl (C=O) groups excluding carboxylic acids is 1. The van der Waals surface area contributed by atoms with Gasteiger partial charge >= 0.3 is 0 Å². The number of amides is 1. The SMILES string of the molecule is COc1cc(C)c(C(N)=O)c(Br)c1. The van der Waals surface area contributed by atoms with E-state index < -0.39 is 5.91 Å². The lowest BCUT2D eigenvalue weighted by Crippen LogP contribution is -2.13. The van der Waals surface area contributed by atoms with E-state index in [9.17, 15) is 4.79 Å². The number of primary amides is 1. The average molecular weight is 244 g/mol. The maximum absolute atomic E-state index is 11.0. The van der Waals surface area contributed by atoms with Gasteiger partial charge in [-0.2, -0.15) is 0 Å². The topological polar surface area (TPSA) is 52.3 Å². The van der Waals surface area contributed by atoms with Crippen LogP contribution in [0.1, 0.15) is 15.9 Å². The van der Waals surface area contributed by atoms with Gasteiger partial charge in [-0.15, -0.1) is 0 Å². The van der Waals surface area contributed by atoms with E-state index in [1.807, 2.05) is 6.92 Å². The first-order valence-electron chi connectivity index (χ1n) is 3.70. The first-order valence-corrected chi connectivity index (χ1v) is 4.49. The van der Waals surface area contributed by atoms with E-state index >= 15 is 0 Å². The van der Waals surface area contributed by atoms with Gasteiger partial charge in [0, 0.05) is 4.47 Å². The van der Waals surface area contributed by atoms with Gasteiger partial charge in [0.25, 0.3) is 0 Å². The molecule has 2 N–H and O–H groups in total. The number of methoxy groups -OCH3 is 1. The van der Waals surface area contributed by atoms with Gasteiger partial charge in [0.05, 0.1) is 12.7 Å². The fourth-order valence-electron chi connectivity index (χ4n) is 1.14.